The zero-order valence-corrected chi connectivity index (χ0v) is 16.1. The summed E-state index contributed by atoms with van der Waals surface area (Å²) in [4.78, 5) is 12.2. The van der Waals surface area contributed by atoms with Gasteiger partial charge in [-0.15, -0.1) is 0 Å². The zero-order valence-electron chi connectivity index (χ0n) is 13.8. The first-order chi connectivity index (χ1) is 11.9. The molecule has 2 aromatic carbocycles. The maximum Gasteiger partial charge on any atom is 0.266 e. The van der Waals surface area contributed by atoms with Crippen LogP contribution in [0.4, 0.5) is 0 Å². The van der Waals surface area contributed by atoms with Crippen molar-refractivity contribution in [2.75, 3.05) is 0 Å². The van der Waals surface area contributed by atoms with Crippen LogP contribution in [0.2, 0.25) is 10.0 Å². The molecule has 0 aromatic heterocycles. The van der Waals surface area contributed by atoms with Crippen molar-refractivity contribution in [3.63, 3.8) is 0 Å². The molecule has 2 unspecified atom stereocenters. The summed E-state index contributed by atoms with van der Waals surface area (Å²) in [6.45, 7) is 3.57. The molecular formula is C18H18Cl2N2O2S. The molecule has 0 fully saturated rings. The van der Waals surface area contributed by atoms with Gasteiger partial charge >= 0.3 is 0 Å². The molecular weight excluding hydrogens is 379 g/mol. The van der Waals surface area contributed by atoms with E-state index in [0.29, 0.717) is 15.8 Å². The first-order valence-corrected chi connectivity index (χ1v) is 8.81. The number of ether oxygens (including phenoxy) is 1. The molecule has 2 atom stereocenters. The van der Waals surface area contributed by atoms with Crippen LogP contribution in [0.3, 0.4) is 0 Å². The van der Waals surface area contributed by atoms with Crippen LogP contribution < -0.4 is 15.4 Å². The fourth-order valence-corrected chi connectivity index (χ4v) is 2.82. The van der Waals surface area contributed by atoms with Crippen LogP contribution in [0, 0.1) is 0 Å². The Bertz CT molecular complexity index is 756. The van der Waals surface area contributed by atoms with E-state index in [4.69, 9.17) is 40.2 Å². The van der Waals surface area contributed by atoms with E-state index in [2.05, 4.69) is 10.6 Å². The van der Waals surface area contributed by atoms with Crippen molar-refractivity contribution in [2.24, 2.45) is 0 Å². The van der Waals surface area contributed by atoms with Gasteiger partial charge < -0.3 is 10.1 Å². The van der Waals surface area contributed by atoms with E-state index in [1.807, 2.05) is 37.3 Å². The van der Waals surface area contributed by atoms with Crippen molar-refractivity contribution in [3.8, 4) is 5.75 Å². The summed E-state index contributed by atoms with van der Waals surface area (Å²) in [5.41, 5.74) is 1.07. The second-order valence-electron chi connectivity index (χ2n) is 5.43. The van der Waals surface area contributed by atoms with Crippen molar-refractivity contribution in [1.82, 2.24) is 10.6 Å². The lowest BCUT2D eigenvalue weighted by molar-refractivity contribution is -0.125. The van der Waals surface area contributed by atoms with Crippen LogP contribution in [-0.4, -0.2) is 17.1 Å². The molecule has 0 bridgehead atoms. The smallest absolute Gasteiger partial charge is 0.266 e. The fourth-order valence-electron chi connectivity index (χ4n) is 2.09. The number of nitrogens with one attached hydrogen (secondary N) is 2. The molecule has 2 rings (SSSR count). The molecule has 0 saturated heterocycles. The first kappa shape index (κ1) is 19.5. The Morgan fingerprint density at radius 1 is 1.12 bits per heavy atom. The van der Waals surface area contributed by atoms with Crippen molar-refractivity contribution < 1.29 is 9.53 Å². The van der Waals surface area contributed by atoms with Crippen LogP contribution in [0.25, 0.3) is 0 Å². The average molecular weight is 397 g/mol. The van der Waals surface area contributed by atoms with E-state index in [9.17, 15) is 4.79 Å². The Labute approximate surface area is 162 Å². The molecule has 25 heavy (non-hydrogen) atoms. The van der Waals surface area contributed by atoms with Crippen LogP contribution in [0.15, 0.2) is 48.5 Å². The molecule has 2 N–H and O–H groups in total. The molecule has 0 spiro atoms. The first-order valence-electron chi connectivity index (χ1n) is 7.65. The maximum atomic E-state index is 12.2. The molecule has 0 aliphatic rings. The molecule has 0 aliphatic carbocycles. The Morgan fingerprint density at radius 2 is 1.80 bits per heavy atom. The number of carbonyl (C=O) groups excluding carboxylic acids is 1. The number of rotatable bonds is 5. The van der Waals surface area contributed by atoms with Gasteiger partial charge in [-0.05, 0) is 49.8 Å². The molecule has 0 radical (unpaired) electrons. The summed E-state index contributed by atoms with van der Waals surface area (Å²) in [6, 6.07) is 14.6. The highest BCUT2D eigenvalue weighted by molar-refractivity contribution is 7.80. The van der Waals surface area contributed by atoms with E-state index < -0.39 is 6.10 Å². The maximum absolute atomic E-state index is 12.2. The quantitative estimate of drug-likeness (QED) is 0.729. The molecule has 0 heterocycles. The summed E-state index contributed by atoms with van der Waals surface area (Å²) in [7, 11) is 0. The van der Waals surface area contributed by atoms with Crippen molar-refractivity contribution in [3.05, 3.63) is 64.1 Å². The van der Waals surface area contributed by atoms with Crippen LogP contribution in [-0.2, 0) is 4.79 Å². The topological polar surface area (TPSA) is 50.4 Å². The van der Waals surface area contributed by atoms with Crippen molar-refractivity contribution in [1.29, 1.82) is 0 Å². The standard InChI is InChI=1S/C18H18Cl2N2O2S/c1-11(13-6-4-3-5-7-13)21-18(25)22-17(23)12(2)24-16-9-8-14(19)10-15(16)20/h3-12H,1-2H3,(H2,21,22,23,25). The lowest BCUT2D eigenvalue weighted by atomic mass is 10.1. The summed E-state index contributed by atoms with van der Waals surface area (Å²) in [5.74, 6) is 0.00836. The van der Waals surface area contributed by atoms with Crippen molar-refractivity contribution in [2.45, 2.75) is 26.0 Å². The van der Waals surface area contributed by atoms with E-state index >= 15 is 0 Å². The second-order valence-corrected chi connectivity index (χ2v) is 6.68. The molecule has 4 nitrogen and oxygen atoms in total. The molecule has 2 aromatic rings. The lowest BCUT2D eigenvalue weighted by Crippen LogP contribution is -2.45. The van der Waals surface area contributed by atoms with Crippen molar-refractivity contribution >= 4 is 46.4 Å². The highest BCUT2D eigenvalue weighted by Crippen LogP contribution is 2.28. The Hall–Kier alpha value is -1.82. The van der Waals surface area contributed by atoms with Gasteiger partial charge in [0.05, 0.1) is 11.1 Å². The Morgan fingerprint density at radius 3 is 2.44 bits per heavy atom. The normalized spacial score (nSPS) is 12.8. The SMILES string of the molecule is CC(Oc1ccc(Cl)cc1Cl)C(=O)NC(=S)NC(C)c1ccccc1. The van der Waals surface area contributed by atoms with Crippen LogP contribution in [0.1, 0.15) is 25.5 Å². The molecule has 7 heteroatoms. The summed E-state index contributed by atoms with van der Waals surface area (Å²) in [6.07, 6.45) is -0.773. The molecule has 0 saturated carbocycles. The third-order valence-electron chi connectivity index (χ3n) is 3.45. The summed E-state index contributed by atoms with van der Waals surface area (Å²) >= 11 is 17.1. The van der Waals surface area contributed by atoms with E-state index in [1.54, 1.807) is 25.1 Å². The summed E-state index contributed by atoms with van der Waals surface area (Å²) in [5, 5.41) is 6.75. The third kappa shape index (κ3) is 5.88. The number of halogens is 2. The molecule has 1 amide bonds. The Kier molecular flexibility index (Phi) is 7.05. The minimum absolute atomic E-state index is 0.0315. The number of hydrogen-bond acceptors (Lipinski definition) is 3. The molecule has 0 aliphatic heterocycles. The van der Waals surface area contributed by atoms with Gasteiger partial charge in [0.25, 0.3) is 5.91 Å². The number of amides is 1. The van der Waals surface area contributed by atoms with E-state index in [-0.39, 0.29) is 17.1 Å². The van der Waals surface area contributed by atoms with Gasteiger partial charge in [0, 0.05) is 5.02 Å². The predicted molar refractivity (Wildman–Crippen MR) is 105 cm³/mol. The summed E-state index contributed by atoms with van der Waals surface area (Å²) < 4.78 is 5.56. The number of hydrogen-bond donors (Lipinski definition) is 2. The van der Waals surface area contributed by atoms with E-state index in [0.717, 1.165) is 5.56 Å². The van der Waals surface area contributed by atoms with Crippen LogP contribution in [0.5, 0.6) is 5.75 Å². The van der Waals surface area contributed by atoms with Gasteiger partial charge in [0.1, 0.15) is 5.75 Å². The van der Waals surface area contributed by atoms with Gasteiger partial charge in [0.2, 0.25) is 0 Å². The van der Waals surface area contributed by atoms with Gasteiger partial charge in [-0.2, -0.15) is 0 Å². The van der Waals surface area contributed by atoms with Gasteiger partial charge in [-0.3, -0.25) is 10.1 Å². The highest BCUT2D eigenvalue weighted by atomic mass is 35.5. The number of thiocarbonyl (C=S) groups is 1. The predicted octanol–water partition coefficient (Wildman–Crippen LogP) is 4.51. The Balaban J connectivity index is 1.88. The lowest BCUT2D eigenvalue weighted by Gasteiger charge is -2.19. The van der Waals surface area contributed by atoms with Gasteiger partial charge in [-0.25, -0.2) is 0 Å². The monoisotopic (exact) mass is 396 g/mol. The average Bonchev–Trinajstić information content (AvgIpc) is 2.57. The highest BCUT2D eigenvalue weighted by Gasteiger charge is 2.18. The minimum atomic E-state index is -0.773. The fraction of sp³-hybridized carbons (Fsp3) is 0.222. The number of carbonyl (C=O) groups is 1. The van der Waals surface area contributed by atoms with Gasteiger partial charge in [-0.1, -0.05) is 53.5 Å². The second kappa shape index (κ2) is 9.04. The largest absolute Gasteiger partial charge is 0.479 e. The minimum Gasteiger partial charge on any atom is -0.479 e. The zero-order chi connectivity index (χ0) is 18.4. The van der Waals surface area contributed by atoms with Gasteiger partial charge in [0.15, 0.2) is 11.2 Å². The van der Waals surface area contributed by atoms with E-state index in [1.165, 1.54) is 0 Å². The molecule has 132 valence electrons. The third-order valence-corrected chi connectivity index (χ3v) is 4.20. The van der Waals surface area contributed by atoms with Crippen LogP contribution >= 0.6 is 35.4 Å². The number of benzene rings is 2.